The van der Waals surface area contributed by atoms with Crippen LogP contribution in [0.15, 0.2) is 18.2 Å². The van der Waals surface area contributed by atoms with Crippen LogP contribution in [0.4, 0.5) is 0 Å². The van der Waals surface area contributed by atoms with E-state index in [9.17, 15) is 0 Å². The van der Waals surface area contributed by atoms with Gasteiger partial charge >= 0.3 is 7.12 Å². The van der Waals surface area contributed by atoms with Crippen molar-refractivity contribution in [1.29, 1.82) is 0 Å². The molecule has 4 nitrogen and oxygen atoms in total. The van der Waals surface area contributed by atoms with E-state index >= 15 is 0 Å². The summed E-state index contributed by atoms with van der Waals surface area (Å²) in [4.78, 5) is 0. The van der Waals surface area contributed by atoms with E-state index in [2.05, 4.69) is 0 Å². The highest BCUT2D eigenvalue weighted by atomic mass is 16.5. The molecular weight excluding hydrogens is 219 g/mol. The van der Waals surface area contributed by atoms with Crippen molar-refractivity contribution < 1.29 is 19.5 Å². The Morgan fingerprint density at radius 3 is 2.47 bits per heavy atom. The maximum absolute atomic E-state index is 9.13. The largest absolute Gasteiger partial charge is 0.493 e. The summed E-state index contributed by atoms with van der Waals surface area (Å²) in [5.74, 6) is 1.21. The van der Waals surface area contributed by atoms with Crippen molar-refractivity contribution in [2.45, 2.75) is 31.8 Å². The summed E-state index contributed by atoms with van der Waals surface area (Å²) in [5, 5.41) is 18.3. The second-order valence-electron chi connectivity index (χ2n) is 4.31. The van der Waals surface area contributed by atoms with E-state index in [-0.39, 0.29) is 6.10 Å². The Bertz CT molecular complexity index is 375. The van der Waals surface area contributed by atoms with Crippen molar-refractivity contribution in [2.24, 2.45) is 0 Å². The third-order valence-electron chi connectivity index (χ3n) is 3.08. The Hall–Kier alpha value is -1.20. The molecule has 0 heterocycles. The van der Waals surface area contributed by atoms with Crippen LogP contribution in [0.2, 0.25) is 0 Å². The van der Waals surface area contributed by atoms with Crippen LogP contribution in [0, 0.1) is 0 Å². The van der Waals surface area contributed by atoms with Crippen molar-refractivity contribution in [2.75, 3.05) is 7.11 Å². The van der Waals surface area contributed by atoms with Crippen molar-refractivity contribution in [3.05, 3.63) is 18.2 Å². The molecule has 2 N–H and O–H groups in total. The van der Waals surface area contributed by atoms with E-state index in [1.165, 1.54) is 12.8 Å². The van der Waals surface area contributed by atoms with Crippen LogP contribution in [0.25, 0.3) is 0 Å². The Morgan fingerprint density at radius 2 is 1.88 bits per heavy atom. The fourth-order valence-corrected chi connectivity index (χ4v) is 2.13. The lowest BCUT2D eigenvalue weighted by Gasteiger charge is -2.16. The first-order valence-corrected chi connectivity index (χ1v) is 5.91. The normalized spacial score (nSPS) is 15.9. The summed E-state index contributed by atoms with van der Waals surface area (Å²) in [6.45, 7) is 0. The van der Waals surface area contributed by atoms with E-state index in [0.29, 0.717) is 17.0 Å². The van der Waals surface area contributed by atoms with Crippen LogP contribution in [0.1, 0.15) is 25.7 Å². The second-order valence-corrected chi connectivity index (χ2v) is 4.31. The summed E-state index contributed by atoms with van der Waals surface area (Å²) in [6, 6.07) is 4.94. The number of benzene rings is 1. The lowest BCUT2D eigenvalue weighted by atomic mass is 9.80. The van der Waals surface area contributed by atoms with Gasteiger partial charge in [-0.3, -0.25) is 0 Å². The molecule has 0 atom stereocenters. The molecule has 0 aliphatic heterocycles. The molecule has 2 rings (SSSR count). The molecule has 1 saturated carbocycles. The van der Waals surface area contributed by atoms with Crippen molar-refractivity contribution >= 4 is 12.6 Å². The molecule has 1 fully saturated rings. The van der Waals surface area contributed by atoms with Crippen LogP contribution in [-0.2, 0) is 0 Å². The Kier molecular flexibility index (Phi) is 3.91. The predicted octanol–water partition coefficient (Wildman–Crippen LogP) is 0.696. The highest BCUT2D eigenvalue weighted by Gasteiger charge is 2.20. The quantitative estimate of drug-likeness (QED) is 0.755. The average molecular weight is 236 g/mol. The Labute approximate surface area is 101 Å². The Balaban J connectivity index is 2.19. The van der Waals surface area contributed by atoms with E-state index in [1.54, 1.807) is 25.3 Å². The lowest BCUT2D eigenvalue weighted by molar-refractivity contribution is 0.201. The number of rotatable bonds is 4. The van der Waals surface area contributed by atoms with E-state index in [4.69, 9.17) is 19.5 Å². The molecule has 5 heteroatoms. The molecule has 1 aromatic rings. The highest BCUT2D eigenvalue weighted by molar-refractivity contribution is 6.58. The van der Waals surface area contributed by atoms with Gasteiger partial charge < -0.3 is 19.5 Å². The zero-order valence-electron chi connectivity index (χ0n) is 9.93. The molecule has 1 aromatic carbocycles. The first kappa shape index (κ1) is 12.3. The van der Waals surface area contributed by atoms with Crippen LogP contribution in [0.3, 0.4) is 0 Å². The van der Waals surface area contributed by atoms with Crippen LogP contribution in [0.5, 0.6) is 11.5 Å². The van der Waals surface area contributed by atoms with E-state index < -0.39 is 7.12 Å². The molecule has 0 spiro atoms. The smallest absolute Gasteiger partial charge is 0.488 e. The standard InChI is InChI=1S/C12H17BO4/c1-16-11-7-6-9(13(14)15)8-12(11)17-10-4-2-3-5-10/h6-8,10,14-15H,2-5H2,1H3. The zero-order valence-corrected chi connectivity index (χ0v) is 9.93. The molecule has 92 valence electrons. The molecular formula is C12H17BO4. The van der Waals surface area contributed by atoms with Gasteiger partial charge in [0, 0.05) is 0 Å². The first-order chi connectivity index (χ1) is 8.20. The number of methoxy groups -OCH3 is 1. The van der Waals surface area contributed by atoms with Crippen LogP contribution >= 0.6 is 0 Å². The predicted molar refractivity (Wildman–Crippen MR) is 65.7 cm³/mol. The minimum atomic E-state index is -1.48. The summed E-state index contributed by atoms with van der Waals surface area (Å²) < 4.78 is 11.0. The van der Waals surface area contributed by atoms with Crippen molar-refractivity contribution in [3.8, 4) is 11.5 Å². The molecule has 1 aliphatic carbocycles. The molecule has 0 amide bonds. The van der Waals surface area contributed by atoms with Gasteiger partial charge in [-0.2, -0.15) is 0 Å². The van der Waals surface area contributed by atoms with Crippen molar-refractivity contribution in [3.63, 3.8) is 0 Å². The summed E-state index contributed by atoms with van der Waals surface area (Å²) in [5.41, 5.74) is 0.416. The molecule has 1 aliphatic rings. The van der Waals surface area contributed by atoms with Crippen LogP contribution in [-0.4, -0.2) is 30.4 Å². The molecule has 0 unspecified atom stereocenters. The van der Waals surface area contributed by atoms with Gasteiger partial charge in [0.15, 0.2) is 11.5 Å². The molecule has 0 radical (unpaired) electrons. The van der Waals surface area contributed by atoms with Gasteiger partial charge in [-0.1, -0.05) is 6.07 Å². The number of hydrogen-bond donors (Lipinski definition) is 2. The summed E-state index contributed by atoms with van der Waals surface area (Å²) in [7, 11) is 0.0955. The topological polar surface area (TPSA) is 58.9 Å². The minimum Gasteiger partial charge on any atom is -0.493 e. The van der Waals surface area contributed by atoms with Crippen LogP contribution < -0.4 is 14.9 Å². The second kappa shape index (κ2) is 5.43. The first-order valence-electron chi connectivity index (χ1n) is 5.91. The molecule has 0 aromatic heterocycles. The maximum Gasteiger partial charge on any atom is 0.488 e. The van der Waals surface area contributed by atoms with Gasteiger partial charge in [-0.05, 0) is 43.3 Å². The summed E-state index contributed by atoms with van der Waals surface area (Å²) >= 11 is 0. The van der Waals surface area contributed by atoms with E-state index in [0.717, 1.165) is 12.8 Å². The monoisotopic (exact) mass is 236 g/mol. The average Bonchev–Trinajstić information content (AvgIpc) is 2.81. The van der Waals surface area contributed by atoms with Gasteiger partial charge in [0.25, 0.3) is 0 Å². The SMILES string of the molecule is COc1ccc(B(O)O)cc1OC1CCCC1. The lowest BCUT2D eigenvalue weighted by Crippen LogP contribution is -2.30. The third kappa shape index (κ3) is 2.93. The van der Waals surface area contributed by atoms with Crippen molar-refractivity contribution in [1.82, 2.24) is 0 Å². The zero-order chi connectivity index (χ0) is 12.3. The fourth-order valence-electron chi connectivity index (χ4n) is 2.13. The number of hydrogen-bond acceptors (Lipinski definition) is 4. The van der Waals surface area contributed by atoms with Gasteiger partial charge in [0.2, 0.25) is 0 Å². The van der Waals surface area contributed by atoms with Gasteiger partial charge in [0.05, 0.1) is 13.2 Å². The highest BCUT2D eigenvalue weighted by Crippen LogP contribution is 2.30. The third-order valence-corrected chi connectivity index (χ3v) is 3.08. The number of ether oxygens (including phenoxy) is 2. The van der Waals surface area contributed by atoms with E-state index in [1.807, 2.05) is 0 Å². The van der Waals surface area contributed by atoms with Gasteiger partial charge in [0.1, 0.15) is 0 Å². The minimum absolute atomic E-state index is 0.218. The molecule has 0 bridgehead atoms. The molecule has 0 saturated heterocycles. The van der Waals surface area contributed by atoms with Gasteiger partial charge in [-0.25, -0.2) is 0 Å². The summed E-state index contributed by atoms with van der Waals surface area (Å²) in [6.07, 6.45) is 4.70. The Morgan fingerprint density at radius 1 is 1.18 bits per heavy atom. The maximum atomic E-state index is 9.13. The fraction of sp³-hybridized carbons (Fsp3) is 0.500. The molecule has 17 heavy (non-hydrogen) atoms. The van der Waals surface area contributed by atoms with Gasteiger partial charge in [-0.15, -0.1) is 0 Å².